The van der Waals surface area contributed by atoms with E-state index in [2.05, 4.69) is 21.2 Å². The maximum absolute atomic E-state index is 11.6. The SMILES string of the molecule is CNC(c1cccc(S(C)(=O)=O)c1)c1sccc1Br. The van der Waals surface area contributed by atoms with E-state index in [-0.39, 0.29) is 6.04 Å². The highest BCUT2D eigenvalue weighted by Gasteiger charge is 2.18. The van der Waals surface area contributed by atoms with Crippen molar-refractivity contribution in [2.24, 2.45) is 0 Å². The first-order valence-electron chi connectivity index (χ1n) is 5.63. The summed E-state index contributed by atoms with van der Waals surface area (Å²) in [5.41, 5.74) is 0.938. The summed E-state index contributed by atoms with van der Waals surface area (Å²) >= 11 is 5.15. The van der Waals surface area contributed by atoms with Gasteiger partial charge in [0.2, 0.25) is 0 Å². The molecule has 1 unspecified atom stereocenters. The molecule has 0 fully saturated rings. The van der Waals surface area contributed by atoms with Crippen LogP contribution in [0.2, 0.25) is 0 Å². The Labute approximate surface area is 125 Å². The maximum Gasteiger partial charge on any atom is 0.175 e. The van der Waals surface area contributed by atoms with Crippen LogP contribution in [0, 0.1) is 0 Å². The van der Waals surface area contributed by atoms with Crippen LogP contribution in [-0.2, 0) is 9.84 Å². The number of thiophene rings is 1. The minimum absolute atomic E-state index is 0.0175. The largest absolute Gasteiger partial charge is 0.309 e. The van der Waals surface area contributed by atoms with Gasteiger partial charge in [0.05, 0.1) is 10.9 Å². The van der Waals surface area contributed by atoms with E-state index in [1.165, 1.54) is 6.26 Å². The van der Waals surface area contributed by atoms with Crippen molar-refractivity contribution >= 4 is 37.1 Å². The number of nitrogens with one attached hydrogen (secondary N) is 1. The summed E-state index contributed by atoms with van der Waals surface area (Å²) in [6, 6.07) is 9.03. The van der Waals surface area contributed by atoms with Gasteiger partial charge in [0, 0.05) is 15.6 Å². The number of hydrogen-bond donors (Lipinski definition) is 1. The van der Waals surface area contributed by atoms with Gasteiger partial charge >= 0.3 is 0 Å². The Morgan fingerprint density at radius 3 is 2.58 bits per heavy atom. The molecule has 3 nitrogen and oxygen atoms in total. The van der Waals surface area contributed by atoms with Gasteiger partial charge in [-0.2, -0.15) is 0 Å². The number of sulfone groups is 1. The van der Waals surface area contributed by atoms with E-state index in [9.17, 15) is 8.42 Å². The Hall–Kier alpha value is -0.690. The zero-order valence-electron chi connectivity index (χ0n) is 10.6. The predicted molar refractivity (Wildman–Crippen MR) is 82.5 cm³/mol. The molecule has 1 N–H and O–H groups in total. The van der Waals surface area contributed by atoms with Crippen LogP contribution in [0.5, 0.6) is 0 Å². The summed E-state index contributed by atoms with van der Waals surface area (Å²) < 4.78 is 24.3. The summed E-state index contributed by atoms with van der Waals surface area (Å²) in [6.45, 7) is 0. The van der Waals surface area contributed by atoms with Crippen molar-refractivity contribution in [3.05, 3.63) is 50.6 Å². The van der Waals surface area contributed by atoms with Crippen molar-refractivity contribution in [2.45, 2.75) is 10.9 Å². The summed E-state index contributed by atoms with van der Waals surface area (Å²) in [5, 5.41) is 5.23. The maximum atomic E-state index is 11.6. The second-order valence-corrected chi connectivity index (χ2v) is 8.02. The van der Waals surface area contributed by atoms with E-state index in [1.807, 2.05) is 24.6 Å². The van der Waals surface area contributed by atoms with E-state index >= 15 is 0 Å². The smallest absolute Gasteiger partial charge is 0.175 e. The van der Waals surface area contributed by atoms with Gasteiger partial charge in [-0.25, -0.2) is 8.42 Å². The first-order valence-corrected chi connectivity index (χ1v) is 9.20. The minimum Gasteiger partial charge on any atom is -0.309 e. The lowest BCUT2D eigenvalue weighted by Gasteiger charge is -2.16. The zero-order chi connectivity index (χ0) is 14.0. The molecule has 0 amide bonds. The van der Waals surface area contributed by atoms with Crippen molar-refractivity contribution in [1.29, 1.82) is 0 Å². The van der Waals surface area contributed by atoms with E-state index in [0.717, 1.165) is 14.9 Å². The third kappa shape index (κ3) is 3.25. The van der Waals surface area contributed by atoms with E-state index in [4.69, 9.17) is 0 Å². The van der Waals surface area contributed by atoms with Crippen LogP contribution in [0.15, 0.2) is 45.1 Å². The van der Waals surface area contributed by atoms with Crippen LogP contribution in [0.1, 0.15) is 16.5 Å². The molecule has 2 rings (SSSR count). The minimum atomic E-state index is -3.18. The van der Waals surface area contributed by atoms with Gasteiger partial charge in [-0.3, -0.25) is 0 Å². The lowest BCUT2D eigenvalue weighted by Crippen LogP contribution is -2.17. The monoisotopic (exact) mass is 359 g/mol. The summed E-state index contributed by atoms with van der Waals surface area (Å²) in [4.78, 5) is 1.48. The Balaban J connectivity index is 2.48. The predicted octanol–water partition coefficient (Wildman–Crippen LogP) is 3.22. The Morgan fingerprint density at radius 1 is 1.32 bits per heavy atom. The molecule has 1 heterocycles. The Bertz CT molecular complexity index is 679. The first kappa shape index (κ1) is 14.7. The van der Waals surface area contributed by atoms with Gasteiger partial charge < -0.3 is 5.32 Å². The van der Waals surface area contributed by atoms with Crippen LogP contribution in [-0.4, -0.2) is 21.7 Å². The molecule has 0 spiro atoms. The Kier molecular flexibility index (Phi) is 4.45. The number of benzene rings is 1. The molecule has 19 heavy (non-hydrogen) atoms. The van der Waals surface area contributed by atoms with Crippen LogP contribution in [0.3, 0.4) is 0 Å². The van der Waals surface area contributed by atoms with Gasteiger partial charge in [-0.15, -0.1) is 11.3 Å². The summed E-state index contributed by atoms with van der Waals surface area (Å²) in [7, 11) is -1.32. The average Bonchev–Trinajstić information content (AvgIpc) is 2.76. The fourth-order valence-electron chi connectivity index (χ4n) is 1.89. The van der Waals surface area contributed by atoms with Crippen LogP contribution >= 0.6 is 27.3 Å². The van der Waals surface area contributed by atoms with Crippen molar-refractivity contribution in [3.8, 4) is 0 Å². The van der Waals surface area contributed by atoms with E-state index in [1.54, 1.807) is 29.5 Å². The lowest BCUT2D eigenvalue weighted by atomic mass is 10.1. The van der Waals surface area contributed by atoms with Crippen molar-refractivity contribution < 1.29 is 8.42 Å². The first-order chi connectivity index (χ1) is 8.93. The Morgan fingerprint density at radius 2 is 2.05 bits per heavy atom. The summed E-state index contributed by atoms with van der Waals surface area (Å²) in [5.74, 6) is 0. The molecule has 1 atom stereocenters. The van der Waals surface area contributed by atoms with Gasteiger partial charge in [-0.1, -0.05) is 12.1 Å². The van der Waals surface area contributed by atoms with Gasteiger partial charge in [-0.05, 0) is 52.1 Å². The number of rotatable bonds is 4. The standard InChI is InChI=1S/C13H14BrNO2S2/c1-15-12(13-11(14)6-7-18-13)9-4-3-5-10(8-9)19(2,16)17/h3-8,12,15H,1-2H3. The van der Waals surface area contributed by atoms with Gasteiger partial charge in [0.15, 0.2) is 9.84 Å². The molecule has 1 aromatic carbocycles. The van der Waals surface area contributed by atoms with Crippen molar-refractivity contribution in [2.75, 3.05) is 13.3 Å². The molecule has 0 radical (unpaired) electrons. The fraction of sp³-hybridized carbons (Fsp3) is 0.231. The highest BCUT2D eigenvalue weighted by atomic mass is 79.9. The number of halogens is 1. The lowest BCUT2D eigenvalue weighted by molar-refractivity contribution is 0.601. The second-order valence-electron chi connectivity index (χ2n) is 4.20. The molecule has 1 aromatic heterocycles. The average molecular weight is 360 g/mol. The molecule has 0 bridgehead atoms. The molecule has 0 saturated carbocycles. The van der Waals surface area contributed by atoms with E-state index in [0.29, 0.717) is 4.90 Å². The molecule has 0 aliphatic rings. The van der Waals surface area contributed by atoms with Crippen LogP contribution < -0.4 is 5.32 Å². The van der Waals surface area contributed by atoms with Crippen LogP contribution in [0.4, 0.5) is 0 Å². The summed E-state index contributed by atoms with van der Waals surface area (Å²) in [6.07, 6.45) is 1.22. The molecular formula is C13H14BrNO2S2. The highest BCUT2D eigenvalue weighted by molar-refractivity contribution is 9.10. The van der Waals surface area contributed by atoms with Crippen molar-refractivity contribution in [3.63, 3.8) is 0 Å². The van der Waals surface area contributed by atoms with Gasteiger partial charge in [0.25, 0.3) is 0 Å². The van der Waals surface area contributed by atoms with Gasteiger partial charge in [0.1, 0.15) is 0 Å². The second kappa shape index (κ2) is 5.75. The normalized spacial score (nSPS) is 13.4. The third-order valence-corrected chi connectivity index (χ3v) is 5.86. The molecule has 102 valence electrons. The molecule has 0 saturated heterocycles. The zero-order valence-corrected chi connectivity index (χ0v) is 13.8. The molecular weight excluding hydrogens is 346 g/mol. The topological polar surface area (TPSA) is 46.2 Å². The van der Waals surface area contributed by atoms with E-state index < -0.39 is 9.84 Å². The molecule has 0 aliphatic heterocycles. The van der Waals surface area contributed by atoms with Crippen LogP contribution in [0.25, 0.3) is 0 Å². The molecule has 6 heteroatoms. The molecule has 0 aliphatic carbocycles. The number of hydrogen-bond acceptors (Lipinski definition) is 4. The highest BCUT2D eigenvalue weighted by Crippen LogP contribution is 2.33. The fourth-order valence-corrected chi connectivity index (χ4v) is 4.30. The quantitative estimate of drug-likeness (QED) is 0.911. The molecule has 2 aromatic rings. The third-order valence-electron chi connectivity index (χ3n) is 2.82. The van der Waals surface area contributed by atoms with Crippen molar-refractivity contribution in [1.82, 2.24) is 5.32 Å².